The van der Waals surface area contributed by atoms with Gasteiger partial charge in [-0.2, -0.15) is 0 Å². The van der Waals surface area contributed by atoms with Crippen LogP contribution in [0.25, 0.3) is 0 Å². The predicted molar refractivity (Wildman–Crippen MR) is 67.1 cm³/mol. The predicted octanol–water partition coefficient (Wildman–Crippen LogP) is 2.71. The molecule has 1 fully saturated rings. The van der Waals surface area contributed by atoms with Crippen LogP contribution in [0.1, 0.15) is 18.9 Å². The number of hydrogen-bond donors (Lipinski definition) is 1. The smallest absolute Gasteiger partial charge is 0.0701 e. The quantitative estimate of drug-likeness (QED) is 0.905. The van der Waals surface area contributed by atoms with Crippen LogP contribution in [0.5, 0.6) is 0 Å². The number of hydrogen-bond acceptors (Lipinski definition) is 3. The van der Waals surface area contributed by atoms with Crippen molar-refractivity contribution in [1.82, 2.24) is 4.90 Å². The van der Waals surface area contributed by atoms with Gasteiger partial charge in [-0.25, -0.2) is 0 Å². The molecule has 2 atom stereocenters. The normalized spacial score (nSPS) is 28.2. The van der Waals surface area contributed by atoms with E-state index in [4.69, 9.17) is 0 Å². The van der Waals surface area contributed by atoms with Crippen LogP contribution in [0.4, 0.5) is 0 Å². The minimum Gasteiger partial charge on any atom is -0.392 e. The molecule has 4 heteroatoms. The molecule has 1 aromatic rings. The first-order valence-corrected chi connectivity index (χ1v) is 6.96. The molecular weight excluding hydrogens is 274 g/mol. The molecule has 0 spiro atoms. The zero-order valence-electron chi connectivity index (χ0n) is 8.82. The lowest BCUT2D eigenvalue weighted by Gasteiger charge is -2.34. The Morgan fingerprint density at radius 3 is 3.07 bits per heavy atom. The van der Waals surface area contributed by atoms with E-state index in [2.05, 4.69) is 39.2 Å². The van der Waals surface area contributed by atoms with Crippen LogP contribution < -0.4 is 0 Å². The van der Waals surface area contributed by atoms with Gasteiger partial charge in [0, 0.05) is 13.1 Å². The first-order chi connectivity index (χ1) is 7.15. The van der Waals surface area contributed by atoms with E-state index in [0.717, 1.165) is 26.1 Å². The largest absolute Gasteiger partial charge is 0.392 e. The van der Waals surface area contributed by atoms with E-state index in [0.29, 0.717) is 5.92 Å². The Hall–Kier alpha value is 0.1000. The SMILES string of the molecule is CC1CCN(Cc2csc(Br)c2)CC1O. The van der Waals surface area contributed by atoms with E-state index in [1.807, 2.05) is 0 Å². The topological polar surface area (TPSA) is 23.5 Å². The van der Waals surface area contributed by atoms with Gasteiger partial charge in [0.25, 0.3) is 0 Å². The number of nitrogens with zero attached hydrogens (tertiary/aromatic N) is 1. The van der Waals surface area contributed by atoms with Gasteiger partial charge in [0.15, 0.2) is 0 Å². The second-order valence-corrected chi connectivity index (χ2v) is 6.62. The highest BCUT2D eigenvalue weighted by Crippen LogP contribution is 2.24. The maximum absolute atomic E-state index is 9.78. The highest BCUT2D eigenvalue weighted by Gasteiger charge is 2.24. The molecule has 2 heterocycles. The molecule has 2 rings (SSSR count). The minimum atomic E-state index is -0.152. The van der Waals surface area contributed by atoms with Crippen LogP contribution in [-0.2, 0) is 6.54 Å². The van der Waals surface area contributed by atoms with E-state index in [-0.39, 0.29) is 6.10 Å². The van der Waals surface area contributed by atoms with Gasteiger partial charge < -0.3 is 5.11 Å². The van der Waals surface area contributed by atoms with Crippen molar-refractivity contribution in [2.24, 2.45) is 5.92 Å². The molecule has 0 aliphatic carbocycles. The molecule has 84 valence electrons. The van der Waals surface area contributed by atoms with Gasteiger partial charge in [-0.3, -0.25) is 4.90 Å². The van der Waals surface area contributed by atoms with Crippen LogP contribution in [0, 0.1) is 5.92 Å². The fraction of sp³-hybridized carbons (Fsp3) is 0.636. The summed E-state index contributed by atoms with van der Waals surface area (Å²) in [5.74, 6) is 0.454. The first-order valence-electron chi connectivity index (χ1n) is 5.28. The van der Waals surface area contributed by atoms with Crippen molar-refractivity contribution >= 4 is 27.3 Å². The van der Waals surface area contributed by atoms with Crippen molar-refractivity contribution in [2.45, 2.75) is 26.0 Å². The Labute approximate surface area is 103 Å². The van der Waals surface area contributed by atoms with Crippen LogP contribution in [0.3, 0.4) is 0 Å². The molecule has 0 amide bonds. The second-order valence-electron chi connectivity index (χ2n) is 4.33. The van der Waals surface area contributed by atoms with Crippen LogP contribution in [-0.4, -0.2) is 29.2 Å². The Morgan fingerprint density at radius 1 is 1.67 bits per heavy atom. The molecule has 1 aromatic heterocycles. The number of piperidine rings is 1. The van der Waals surface area contributed by atoms with E-state index >= 15 is 0 Å². The van der Waals surface area contributed by atoms with Gasteiger partial charge in [0.1, 0.15) is 0 Å². The molecular formula is C11H16BrNOS. The van der Waals surface area contributed by atoms with Crippen molar-refractivity contribution in [1.29, 1.82) is 0 Å². The number of thiophene rings is 1. The van der Waals surface area contributed by atoms with Crippen LogP contribution >= 0.6 is 27.3 Å². The highest BCUT2D eigenvalue weighted by molar-refractivity contribution is 9.11. The van der Waals surface area contributed by atoms with Crippen molar-refractivity contribution in [3.63, 3.8) is 0 Å². The fourth-order valence-corrected chi connectivity index (χ4v) is 3.15. The number of rotatable bonds is 2. The molecule has 1 saturated heterocycles. The molecule has 0 aromatic carbocycles. The highest BCUT2D eigenvalue weighted by atomic mass is 79.9. The third-order valence-corrected chi connectivity index (χ3v) is 4.58. The van der Waals surface area contributed by atoms with Crippen LogP contribution in [0.15, 0.2) is 15.2 Å². The lowest BCUT2D eigenvalue weighted by molar-refractivity contribution is 0.0259. The Morgan fingerprint density at radius 2 is 2.47 bits per heavy atom. The van der Waals surface area contributed by atoms with E-state index in [9.17, 15) is 5.11 Å². The van der Waals surface area contributed by atoms with Crippen molar-refractivity contribution < 1.29 is 5.11 Å². The van der Waals surface area contributed by atoms with Gasteiger partial charge >= 0.3 is 0 Å². The van der Waals surface area contributed by atoms with Crippen LogP contribution in [0.2, 0.25) is 0 Å². The standard InChI is InChI=1S/C11H16BrNOS/c1-8-2-3-13(6-10(8)14)5-9-4-11(12)15-7-9/h4,7-8,10,14H,2-3,5-6H2,1H3. The van der Waals surface area contributed by atoms with Crippen molar-refractivity contribution in [3.05, 3.63) is 20.8 Å². The summed E-state index contributed by atoms with van der Waals surface area (Å²) >= 11 is 5.19. The number of β-amino-alcohol motifs (C(OH)–C–C–N with tert-alkyl or cyclic N) is 1. The molecule has 15 heavy (non-hydrogen) atoms. The average Bonchev–Trinajstić information content (AvgIpc) is 2.58. The Kier molecular flexibility index (Phi) is 3.83. The number of aliphatic hydroxyl groups excluding tert-OH is 1. The minimum absolute atomic E-state index is 0.152. The summed E-state index contributed by atoms with van der Waals surface area (Å²) in [5.41, 5.74) is 1.34. The zero-order chi connectivity index (χ0) is 10.8. The summed E-state index contributed by atoms with van der Waals surface area (Å²) in [6, 6.07) is 2.16. The maximum atomic E-state index is 9.78. The Balaban J connectivity index is 1.90. The van der Waals surface area contributed by atoms with E-state index in [1.165, 1.54) is 9.35 Å². The van der Waals surface area contributed by atoms with Gasteiger partial charge in [0.05, 0.1) is 9.89 Å². The summed E-state index contributed by atoms with van der Waals surface area (Å²) in [6.07, 6.45) is 0.952. The molecule has 0 saturated carbocycles. The molecule has 1 aliphatic heterocycles. The van der Waals surface area contributed by atoms with E-state index < -0.39 is 0 Å². The monoisotopic (exact) mass is 289 g/mol. The molecule has 2 nitrogen and oxygen atoms in total. The number of likely N-dealkylation sites (tertiary alicyclic amines) is 1. The van der Waals surface area contributed by atoms with Gasteiger partial charge in [-0.05, 0) is 51.8 Å². The van der Waals surface area contributed by atoms with Gasteiger partial charge in [-0.15, -0.1) is 11.3 Å². The zero-order valence-corrected chi connectivity index (χ0v) is 11.2. The summed E-state index contributed by atoms with van der Waals surface area (Å²) in [5, 5.41) is 12.0. The molecule has 1 N–H and O–H groups in total. The summed E-state index contributed by atoms with van der Waals surface area (Å²) < 4.78 is 1.18. The lowest BCUT2D eigenvalue weighted by Crippen LogP contribution is -2.42. The van der Waals surface area contributed by atoms with Gasteiger partial charge in [0.2, 0.25) is 0 Å². The second kappa shape index (κ2) is 4.95. The van der Waals surface area contributed by atoms with Crippen molar-refractivity contribution in [2.75, 3.05) is 13.1 Å². The average molecular weight is 290 g/mol. The Bertz CT molecular complexity index is 328. The maximum Gasteiger partial charge on any atom is 0.0701 e. The molecule has 2 unspecified atom stereocenters. The number of halogens is 1. The summed E-state index contributed by atoms with van der Waals surface area (Å²) in [6.45, 7) is 5.01. The van der Waals surface area contributed by atoms with Gasteiger partial charge in [-0.1, -0.05) is 6.92 Å². The fourth-order valence-electron chi connectivity index (χ4n) is 1.94. The molecule has 0 bridgehead atoms. The number of aliphatic hydroxyl groups is 1. The van der Waals surface area contributed by atoms with Crippen molar-refractivity contribution in [3.8, 4) is 0 Å². The third-order valence-electron chi connectivity index (χ3n) is 3.03. The molecule has 1 aliphatic rings. The summed E-state index contributed by atoms with van der Waals surface area (Å²) in [4.78, 5) is 2.33. The molecule has 0 radical (unpaired) electrons. The first kappa shape index (κ1) is 11.6. The van der Waals surface area contributed by atoms with E-state index in [1.54, 1.807) is 11.3 Å². The third kappa shape index (κ3) is 3.03. The summed E-state index contributed by atoms with van der Waals surface area (Å²) in [7, 11) is 0. The lowest BCUT2D eigenvalue weighted by atomic mass is 9.96.